The van der Waals surface area contributed by atoms with Gasteiger partial charge in [-0.25, -0.2) is 0 Å². The fraction of sp³-hybridized carbons (Fsp3) is 0.667. The molecular formula is C27H40N2O. The number of likely N-dealkylation sites (tertiary alicyclic amines) is 2. The molecule has 3 heteroatoms. The average molecular weight is 409 g/mol. The fourth-order valence-corrected chi connectivity index (χ4v) is 5.52. The normalized spacial score (nSPS) is 31.7. The van der Waals surface area contributed by atoms with Crippen LogP contribution in [0.5, 0.6) is 0 Å². The van der Waals surface area contributed by atoms with Crippen LogP contribution in [0.4, 0.5) is 0 Å². The highest BCUT2D eigenvalue weighted by atomic mass is 16.1. The van der Waals surface area contributed by atoms with Crippen LogP contribution in [0.3, 0.4) is 0 Å². The summed E-state index contributed by atoms with van der Waals surface area (Å²) in [5, 5.41) is 0. The number of rotatable bonds is 4. The van der Waals surface area contributed by atoms with Gasteiger partial charge >= 0.3 is 0 Å². The molecule has 0 aromatic heterocycles. The molecule has 2 fully saturated rings. The minimum Gasteiger partial charge on any atom is -0.375 e. The Bertz CT molecular complexity index is 756. The molecule has 30 heavy (non-hydrogen) atoms. The largest absolute Gasteiger partial charge is 0.375 e. The summed E-state index contributed by atoms with van der Waals surface area (Å²) in [5.41, 5.74) is 1.37. The van der Waals surface area contributed by atoms with E-state index in [4.69, 9.17) is 0 Å². The summed E-state index contributed by atoms with van der Waals surface area (Å²) in [6, 6.07) is 0. The van der Waals surface area contributed by atoms with Gasteiger partial charge in [0.1, 0.15) is 0 Å². The van der Waals surface area contributed by atoms with Crippen molar-refractivity contribution in [2.24, 2.45) is 21.7 Å². The van der Waals surface area contributed by atoms with E-state index in [1.54, 1.807) is 0 Å². The molecule has 0 N–H and O–H groups in total. The van der Waals surface area contributed by atoms with Crippen molar-refractivity contribution in [1.82, 2.24) is 9.80 Å². The zero-order valence-corrected chi connectivity index (χ0v) is 19.9. The number of carbonyl (C=O) groups is 1. The summed E-state index contributed by atoms with van der Waals surface area (Å²) >= 11 is 0. The minimum absolute atomic E-state index is 0.158. The van der Waals surface area contributed by atoms with Crippen LogP contribution in [-0.4, -0.2) is 41.8 Å². The predicted octanol–water partition coefficient (Wildman–Crippen LogP) is 5.72. The van der Waals surface area contributed by atoms with Gasteiger partial charge < -0.3 is 9.80 Å². The Labute approximate surface area is 183 Å². The first-order valence-electron chi connectivity index (χ1n) is 11.8. The van der Waals surface area contributed by atoms with Crippen molar-refractivity contribution in [3.05, 3.63) is 47.9 Å². The second-order valence-corrected chi connectivity index (χ2v) is 11.8. The van der Waals surface area contributed by atoms with Crippen LogP contribution in [-0.2, 0) is 4.79 Å². The van der Waals surface area contributed by atoms with Crippen molar-refractivity contribution in [3.63, 3.8) is 0 Å². The van der Waals surface area contributed by atoms with Gasteiger partial charge in [0.25, 0.3) is 0 Å². The second-order valence-electron chi connectivity index (χ2n) is 11.8. The standard InChI is InChI=1S/C27H40N2O/c1-24(2,3)26(13-7-11-21(19-26)28-15-9-16-28)23(30)27(25(4,5)6)14-8-12-22(20-27)29-17-10-18-29/h7-8,11-14H,9-10,15-20H2,1-6H3. The first-order valence-corrected chi connectivity index (χ1v) is 11.8. The lowest BCUT2D eigenvalue weighted by molar-refractivity contribution is -0.146. The third kappa shape index (κ3) is 3.20. The number of hydrogen-bond acceptors (Lipinski definition) is 3. The van der Waals surface area contributed by atoms with Gasteiger partial charge in [0.05, 0.1) is 10.8 Å². The number of carbonyl (C=O) groups excluding carboxylic acids is 1. The SMILES string of the molecule is CC(C)(C)C1(C(=O)C2(C(C)(C)C)C=CC=C(N3CCC3)C2)C=CC=C(N2CCC2)C1. The van der Waals surface area contributed by atoms with Crippen LogP contribution in [0.25, 0.3) is 0 Å². The number of nitrogens with zero attached hydrogens (tertiary/aromatic N) is 2. The highest BCUT2D eigenvalue weighted by Gasteiger charge is 2.59. The van der Waals surface area contributed by atoms with E-state index in [9.17, 15) is 4.79 Å². The zero-order chi connectivity index (χ0) is 21.8. The van der Waals surface area contributed by atoms with Gasteiger partial charge in [-0.05, 0) is 35.8 Å². The molecule has 0 amide bonds. The molecule has 2 saturated heterocycles. The van der Waals surface area contributed by atoms with Gasteiger partial charge in [0.15, 0.2) is 5.78 Å². The Hall–Kier alpha value is -1.77. The van der Waals surface area contributed by atoms with Gasteiger partial charge in [-0.2, -0.15) is 0 Å². The van der Waals surface area contributed by atoms with Crippen molar-refractivity contribution in [3.8, 4) is 0 Å². The number of ketones is 1. The molecule has 2 atom stereocenters. The predicted molar refractivity (Wildman–Crippen MR) is 125 cm³/mol. The van der Waals surface area contributed by atoms with E-state index in [-0.39, 0.29) is 10.8 Å². The molecule has 0 aromatic carbocycles. The van der Waals surface area contributed by atoms with E-state index >= 15 is 0 Å². The van der Waals surface area contributed by atoms with Crippen molar-refractivity contribution in [1.29, 1.82) is 0 Å². The summed E-state index contributed by atoms with van der Waals surface area (Å²) in [7, 11) is 0. The van der Waals surface area contributed by atoms with Gasteiger partial charge in [0.2, 0.25) is 0 Å². The summed E-state index contributed by atoms with van der Waals surface area (Å²) < 4.78 is 0. The lowest BCUT2D eigenvalue weighted by Gasteiger charge is -2.54. The van der Waals surface area contributed by atoms with Crippen molar-refractivity contribution >= 4 is 5.78 Å². The van der Waals surface area contributed by atoms with E-state index in [1.165, 1.54) is 24.2 Å². The molecule has 2 aliphatic carbocycles. The zero-order valence-electron chi connectivity index (χ0n) is 19.9. The molecule has 2 aliphatic heterocycles. The van der Waals surface area contributed by atoms with Crippen molar-refractivity contribution < 1.29 is 4.79 Å². The molecule has 3 nitrogen and oxygen atoms in total. The van der Waals surface area contributed by atoms with Gasteiger partial charge in [0, 0.05) is 50.4 Å². The van der Waals surface area contributed by atoms with E-state index in [1.807, 2.05) is 0 Å². The van der Waals surface area contributed by atoms with Crippen LogP contribution >= 0.6 is 0 Å². The molecule has 0 spiro atoms. The minimum atomic E-state index is -0.498. The maximum absolute atomic E-state index is 14.8. The van der Waals surface area contributed by atoms with Crippen LogP contribution < -0.4 is 0 Å². The molecule has 2 heterocycles. The Morgan fingerprint density at radius 3 is 1.37 bits per heavy atom. The van der Waals surface area contributed by atoms with E-state index < -0.39 is 10.8 Å². The summed E-state index contributed by atoms with van der Waals surface area (Å²) in [5.74, 6) is 0.403. The second kappa shape index (κ2) is 7.14. The summed E-state index contributed by atoms with van der Waals surface area (Å²) in [6.45, 7) is 18.0. The van der Waals surface area contributed by atoms with Gasteiger partial charge in [-0.1, -0.05) is 65.8 Å². The summed E-state index contributed by atoms with van der Waals surface area (Å²) in [6.07, 6.45) is 17.4. The highest BCUT2D eigenvalue weighted by Crippen LogP contribution is 2.58. The Morgan fingerprint density at radius 2 is 1.10 bits per heavy atom. The quantitative estimate of drug-likeness (QED) is 0.594. The maximum atomic E-state index is 14.8. The van der Waals surface area contributed by atoms with Crippen LogP contribution in [0.2, 0.25) is 0 Å². The molecule has 4 rings (SSSR count). The van der Waals surface area contributed by atoms with Crippen LogP contribution in [0.15, 0.2) is 47.9 Å². The smallest absolute Gasteiger partial charge is 0.154 e. The monoisotopic (exact) mass is 408 g/mol. The van der Waals surface area contributed by atoms with E-state index in [2.05, 4.69) is 87.8 Å². The van der Waals surface area contributed by atoms with Crippen LogP contribution in [0.1, 0.15) is 67.2 Å². The molecule has 4 aliphatic rings. The highest BCUT2D eigenvalue weighted by molar-refractivity contribution is 5.96. The molecule has 0 radical (unpaired) electrons. The molecule has 0 bridgehead atoms. The van der Waals surface area contributed by atoms with Gasteiger partial charge in [-0.15, -0.1) is 0 Å². The number of allylic oxidation sites excluding steroid dienone is 8. The molecule has 0 saturated carbocycles. The fourth-order valence-electron chi connectivity index (χ4n) is 5.52. The Balaban J connectivity index is 1.76. The third-order valence-corrected chi connectivity index (χ3v) is 8.27. The Kier molecular flexibility index (Phi) is 5.11. The molecule has 2 unspecified atom stereocenters. The van der Waals surface area contributed by atoms with Crippen LogP contribution in [0, 0.1) is 21.7 Å². The third-order valence-electron chi connectivity index (χ3n) is 8.27. The molecule has 164 valence electrons. The van der Waals surface area contributed by atoms with Crippen molar-refractivity contribution in [2.75, 3.05) is 26.2 Å². The Morgan fingerprint density at radius 1 is 0.733 bits per heavy atom. The topological polar surface area (TPSA) is 23.6 Å². The average Bonchev–Trinajstić information content (AvgIpc) is 2.56. The first kappa shape index (κ1) is 21.5. The summed E-state index contributed by atoms with van der Waals surface area (Å²) in [4.78, 5) is 19.8. The molecule has 0 aromatic rings. The van der Waals surface area contributed by atoms with Crippen molar-refractivity contribution in [2.45, 2.75) is 67.2 Å². The van der Waals surface area contributed by atoms with Gasteiger partial charge in [-0.3, -0.25) is 4.79 Å². The molecular weight excluding hydrogens is 368 g/mol. The lowest BCUT2D eigenvalue weighted by atomic mass is 9.49. The van der Waals surface area contributed by atoms with E-state index in [0.29, 0.717) is 5.78 Å². The number of hydrogen-bond donors (Lipinski definition) is 0. The first-order chi connectivity index (χ1) is 14.0. The lowest BCUT2D eigenvalue weighted by Crippen LogP contribution is -2.56. The number of Topliss-reactive ketones (excluding diaryl/α,β-unsaturated/α-hetero) is 1. The van der Waals surface area contributed by atoms with E-state index in [0.717, 1.165) is 39.0 Å². The maximum Gasteiger partial charge on any atom is 0.154 e.